The highest BCUT2D eigenvalue weighted by Crippen LogP contribution is 2.32. The van der Waals surface area contributed by atoms with Gasteiger partial charge in [0.1, 0.15) is 4.88 Å². The average Bonchev–Trinajstić information content (AvgIpc) is 2.84. The Labute approximate surface area is 123 Å². The molecular weight excluding hydrogens is 276 g/mol. The van der Waals surface area contributed by atoms with Gasteiger partial charge >= 0.3 is 5.97 Å². The van der Waals surface area contributed by atoms with Crippen LogP contribution in [0, 0.1) is 0 Å². The molecule has 1 unspecified atom stereocenters. The first-order valence-electron chi connectivity index (χ1n) is 7.16. The summed E-state index contributed by atoms with van der Waals surface area (Å²) in [7, 11) is 1.56. The molecule has 0 aromatic carbocycles. The van der Waals surface area contributed by atoms with Crippen molar-refractivity contribution in [2.45, 2.75) is 51.7 Å². The van der Waals surface area contributed by atoms with Crippen LogP contribution in [0.5, 0.6) is 0 Å². The third-order valence-electron chi connectivity index (χ3n) is 3.66. The fourth-order valence-electron chi connectivity index (χ4n) is 2.75. The maximum absolute atomic E-state index is 11.3. The Morgan fingerprint density at radius 2 is 2.35 bits per heavy atom. The van der Waals surface area contributed by atoms with E-state index in [-0.39, 0.29) is 6.61 Å². The highest BCUT2D eigenvalue weighted by Gasteiger charge is 2.27. The molecule has 0 aliphatic carbocycles. The lowest BCUT2D eigenvalue weighted by atomic mass is 9.99. The molecule has 1 aliphatic heterocycles. The number of methoxy groups -OCH3 is 1. The third kappa shape index (κ3) is 3.30. The summed E-state index contributed by atoms with van der Waals surface area (Å²) >= 11 is 1.28. The van der Waals surface area contributed by atoms with E-state index in [0.717, 1.165) is 30.9 Å². The number of hydrogen-bond donors (Lipinski definition) is 1. The quantitative estimate of drug-likeness (QED) is 0.874. The van der Waals surface area contributed by atoms with Crippen LogP contribution in [-0.4, -0.2) is 35.8 Å². The summed E-state index contributed by atoms with van der Waals surface area (Å²) in [6.07, 6.45) is 5.87. The highest BCUT2D eigenvalue weighted by atomic mass is 32.1. The Balaban J connectivity index is 2.25. The predicted molar refractivity (Wildman–Crippen MR) is 79.7 cm³/mol. The second-order valence-corrected chi connectivity index (χ2v) is 6.12. The number of thiazole rings is 1. The van der Waals surface area contributed by atoms with Gasteiger partial charge in [0.15, 0.2) is 5.13 Å². The number of carbonyl (C=O) groups is 1. The van der Waals surface area contributed by atoms with Crippen LogP contribution in [0.4, 0.5) is 5.13 Å². The monoisotopic (exact) mass is 298 g/mol. The van der Waals surface area contributed by atoms with Gasteiger partial charge < -0.3 is 14.7 Å². The molecule has 1 aliphatic rings. The van der Waals surface area contributed by atoms with E-state index in [1.807, 2.05) is 0 Å². The Hall–Kier alpha value is -1.14. The molecular formula is C14H22N2O3S. The second kappa shape index (κ2) is 7.04. The van der Waals surface area contributed by atoms with Gasteiger partial charge in [-0.2, -0.15) is 0 Å². The van der Waals surface area contributed by atoms with E-state index in [1.165, 1.54) is 24.2 Å². The second-order valence-electron chi connectivity index (χ2n) is 5.14. The van der Waals surface area contributed by atoms with Gasteiger partial charge in [0, 0.05) is 19.7 Å². The van der Waals surface area contributed by atoms with Crippen molar-refractivity contribution in [3.05, 3.63) is 10.6 Å². The first-order chi connectivity index (χ1) is 9.67. The number of aromatic nitrogens is 1. The lowest BCUT2D eigenvalue weighted by molar-refractivity contribution is 0.0697. The van der Waals surface area contributed by atoms with Crippen molar-refractivity contribution in [3.63, 3.8) is 0 Å². The fourth-order valence-corrected chi connectivity index (χ4v) is 3.76. The Morgan fingerprint density at radius 1 is 1.55 bits per heavy atom. The lowest BCUT2D eigenvalue weighted by Crippen LogP contribution is -2.39. The fraction of sp³-hybridized carbons (Fsp3) is 0.714. The minimum absolute atomic E-state index is 0.254. The number of piperidine rings is 1. The molecule has 1 N–H and O–H groups in total. The number of carboxylic acids is 1. The summed E-state index contributed by atoms with van der Waals surface area (Å²) < 4.78 is 5.06. The zero-order chi connectivity index (χ0) is 14.5. The molecule has 1 saturated heterocycles. The van der Waals surface area contributed by atoms with E-state index in [9.17, 15) is 9.90 Å². The molecule has 2 rings (SSSR count). The van der Waals surface area contributed by atoms with Gasteiger partial charge in [-0.1, -0.05) is 24.7 Å². The lowest BCUT2D eigenvalue weighted by Gasteiger charge is -2.35. The van der Waals surface area contributed by atoms with E-state index in [1.54, 1.807) is 7.11 Å². The number of nitrogens with zero attached hydrogens (tertiary/aromatic N) is 2. The largest absolute Gasteiger partial charge is 0.477 e. The van der Waals surface area contributed by atoms with Crippen LogP contribution in [0.3, 0.4) is 0 Å². The molecule has 2 heterocycles. The van der Waals surface area contributed by atoms with E-state index in [2.05, 4.69) is 16.8 Å². The van der Waals surface area contributed by atoms with E-state index in [4.69, 9.17) is 4.74 Å². The van der Waals surface area contributed by atoms with Gasteiger partial charge in [-0.3, -0.25) is 0 Å². The molecule has 20 heavy (non-hydrogen) atoms. The predicted octanol–water partition coefficient (Wildman–Crippen LogP) is 3.15. The number of anilines is 1. The van der Waals surface area contributed by atoms with Gasteiger partial charge in [-0.05, 0) is 25.7 Å². The van der Waals surface area contributed by atoms with Crippen molar-refractivity contribution in [2.75, 3.05) is 18.6 Å². The van der Waals surface area contributed by atoms with Crippen molar-refractivity contribution in [2.24, 2.45) is 0 Å². The molecule has 1 aromatic rings. The zero-order valence-corrected chi connectivity index (χ0v) is 12.9. The van der Waals surface area contributed by atoms with Crippen molar-refractivity contribution < 1.29 is 14.6 Å². The average molecular weight is 298 g/mol. The first-order valence-corrected chi connectivity index (χ1v) is 7.97. The van der Waals surface area contributed by atoms with Crippen LogP contribution in [0.25, 0.3) is 0 Å². The summed E-state index contributed by atoms with van der Waals surface area (Å²) in [4.78, 5) is 18.4. The summed E-state index contributed by atoms with van der Waals surface area (Å²) in [5, 5.41) is 10.1. The molecule has 6 heteroatoms. The maximum atomic E-state index is 11.3. The molecule has 0 radical (unpaired) electrons. The zero-order valence-electron chi connectivity index (χ0n) is 12.1. The van der Waals surface area contributed by atoms with Crippen LogP contribution in [-0.2, 0) is 11.3 Å². The molecule has 0 spiro atoms. The highest BCUT2D eigenvalue weighted by molar-refractivity contribution is 7.17. The van der Waals surface area contributed by atoms with Crippen molar-refractivity contribution in [1.82, 2.24) is 4.98 Å². The molecule has 1 fully saturated rings. The number of carboxylic acid groups (broad SMARTS) is 1. The molecule has 112 valence electrons. The minimum atomic E-state index is -0.912. The summed E-state index contributed by atoms with van der Waals surface area (Å²) in [5.74, 6) is -0.912. The first kappa shape index (κ1) is 15.3. The molecule has 1 aromatic heterocycles. The molecule has 5 nitrogen and oxygen atoms in total. The van der Waals surface area contributed by atoms with E-state index >= 15 is 0 Å². The maximum Gasteiger partial charge on any atom is 0.347 e. The summed E-state index contributed by atoms with van der Waals surface area (Å²) in [6.45, 7) is 3.42. The van der Waals surface area contributed by atoms with Gasteiger partial charge in [0.05, 0.1) is 12.3 Å². The smallest absolute Gasteiger partial charge is 0.347 e. The van der Waals surface area contributed by atoms with Crippen LogP contribution < -0.4 is 4.90 Å². The Morgan fingerprint density at radius 3 is 3.00 bits per heavy atom. The van der Waals surface area contributed by atoms with Crippen molar-refractivity contribution in [1.29, 1.82) is 0 Å². The number of hydrogen-bond acceptors (Lipinski definition) is 5. The topological polar surface area (TPSA) is 62.7 Å². The SMILES string of the molecule is CCCC1CCCCN1c1nc(COC)c(C(=O)O)s1. The van der Waals surface area contributed by atoms with Gasteiger partial charge in [-0.25, -0.2) is 9.78 Å². The Kier molecular flexibility index (Phi) is 5.37. The van der Waals surface area contributed by atoms with Crippen molar-refractivity contribution >= 4 is 22.4 Å². The summed E-state index contributed by atoms with van der Waals surface area (Å²) in [5.41, 5.74) is 0.542. The minimum Gasteiger partial charge on any atom is -0.477 e. The number of aromatic carboxylic acids is 1. The van der Waals surface area contributed by atoms with Crippen LogP contribution in [0.2, 0.25) is 0 Å². The van der Waals surface area contributed by atoms with E-state index < -0.39 is 5.97 Å². The third-order valence-corrected chi connectivity index (χ3v) is 4.78. The number of ether oxygens (including phenoxy) is 1. The van der Waals surface area contributed by atoms with Crippen LogP contribution in [0.1, 0.15) is 54.4 Å². The normalized spacial score (nSPS) is 19.3. The van der Waals surface area contributed by atoms with Gasteiger partial charge in [0.2, 0.25) is 0 Å². The summed E-state index contributed by atoms with van der Waals surface area (Å²) in [6, 6.07) is 0.497. The number of rotatable bonds is 6. The molecule has 0 bridgehead atoms. The van der Waals surface area contributed by atoms with E-state index in [0.29, 0.717) is 16.6 Å². The van der Waals surface area contributed by atoms with Crippen molar-refractivity contribution in [3.8, 4) is 0 Å². The molecule has 1 atom stereocenters. The van der Waals surface area contributed by atoms with Crippen LogP contribution in [0.15, 0.2) is 0 Å². The molecule has 0 amide bonds. The van der Waals surface area contributed by atoms with Gasteiger partial charge in [-0.15, -0.1) is 0 Å². The van der Waals surface area contributed by atoms with Gasteiger partial charge in [0.25, 0.3) is 0 Å². The standard InChI is InChI=1S/C14H22N2O3S/c1-3-6-10-7-4-5-8-16(10)14-15-11(9-19-2)12(20-14)13(17)18/h10H,3-9H2,1-2H3,(H,17,18). The Bertz CT molecular complexity index is 459. The van der Waals surface area contributed by atoms with Crippen LogP contribution >= 0.6 is 11.3 Å². The molecule has 0 saturated carbocycles.